The lowest BCUT2D eigenvalue weighted by Gasteiger charge is -2.17. The maximum atomic E-state index is 13.4. The van der Waals surface area contributed by atoms with Gasteiger partial charge in [-0.05, 0) is 28.8 Å². The molecule has 0 spiro atoms. The van der Waals surface area contributed by atoms with Crippen LogP contribution in [0.1, 0.15) is 24.4 Å². The summed E-state index contributed by atoms with van der Waals surface area (Å²) in [6, 6.07) is 6.34. The maximum Gasteiger partial charge on any atom is 0.333 e. The van der Waals surface area contributed by atoms with Crippen LogP contribution >= 0.6 is 0 Å². The third-order valence-electron chi connectivity index (χ3n) is 3.90. The Balaban J connectivity index is 2.25. The van der Waals surface area contributed by atoms with E-state index in [1.54, 1.807) is 0 Å². The van der Waals surface area contributed by atoms with Gasteiger partial charge in [0.1, 0.15) is 0 Å². The highest BCUT2D eigenvalue weighted by atomic mass is 19.2. The summed E-state index contributed by atoms with van der Waals surface area (Å²) in [6.45, 7) is 0. The largest absolute Gasteiger partial charge is 0.467 e. The Hall–Kier alpha value is -3.36. The van der Waals surface area contributed by atoms with Crippen molar-refractivity contribution in [3.8, 4) is 11.1 Å². The number of halogens is 3. The summed E-state index contributed by atoms with van der Waals surface area (Å²) >= 11 is 0. The Kier molecular flexibility index (Phi) is 6.75. The molecule has 1 unspecified atom stereocenters. The van der Waals surface area contributed by atoms with Gasteiger partial charge in [-0.1, -0.05) is 24.3 Å². The summed E-state index contributed by atoms with van der Waals surface area (Å²) in [6.07, 6.45) is -0.380. The average molecular weight is 394 g/mol. The third-order valence-corrected chi connectivity index (χ3v) is 3.90. The van der Waals surface area contributed by atoms with Crippen molar-refractivity contribution in [2.45, 2.75) is 18.9 Å². The quantitative estimate of drug-likeness (QED) is 0.556. The molecule has 1 atom stereocenters. The average Bonchev–Trinajstić information content (AvgIpc) is 2.67. The summed E-state index contributed by atoms with van der Waals surface area (Å²) in [5, 5.41) is 2.43. The van der Waals surface area contributed by atoms with E-state index in [9.17, 15) is 27.6 Å². The van der Waals surface area contributed by atoms with Crippen LogP contribution in [-0.4, -0.2) is 24.9 Å². The predicted molar refractivity (Wildman–Crippen MR) is 93.1 cm³/mol. The molecule has 0 bridgehead atoms. The van der Waals surface area contributed by atoms with Crippen LogP contribution in [0, 0.1) is 17.5 Å². The first kappa shape index (κ1) is 20.9. The second kappa shape index (κ2) is 9.03. The number of carbonyl (C=O) groups is 3. The van der Waals surface area contributed by atoms with E-state index in [1.807, 2.05) is 0 Å². The lowest BCUT2D eigenvalue weighted by molar-refractivity contribution is -0.145. The maximum absolute atomic E-state index is 13.4. The normalized spacial score (nSPS) is 11.6. The Morgan fingerprint density at radius 2 is 1.57 bits per heavy atom. The first-order chi connectivity index (χ1) is 13.2. The number of hydrogen-bond acceptors (Lipinski definition) is 4. The minimum atomic E-state index is -1.57. The van der Waals surface area contributed by atoms with E-state index in [0.29, 0.717) is 11.1 Å². The van der Waals surface area contributed by atoms with Gasteiger partial charge in [0.2, 0.25) is 11.8 Å². The van der Waals surface area contributed by atoms with Crippen molar-refractivity contribution in [3.05, 3.63) is 59.4 Å². The van der Waals surface area contributed by atoms with Crippen molar-refractivity contribution in [1.29, 1.82) is 0 Å². The van der Waals surface area contributed by atoms with Crippen molar-refractivity contribution in [2.24, 2.45) is 5.73 Å². The minimum Gasteiger partial charge on any atom is -0.467 e. The zero-order valence-electron chi connectivity index (χ0n) is 14.8. The zero-order chi connectivity index (χ0) is 20.8. The number of nitrogens with one attached hydrogen (secondary N) is 1. The van der Waals surface area contributed by atoms with Gasteiger partial charge in [-0.15, -0.1) is 0 Å². The summed E-state index contributed by atoms with van der Waals surface area (Å²) in [4.78, 5) is 34.7. The molecule has 0 aliphatic carbocycles. The molecule has 9 heteroatoms. The van der Waals surface area contributed by atoms with E-state index >= 15 is 0 Å². The number of primary amides is 1. The number of ether oxygens (including phenoxy) is 1. The second-order valence-corrected chi connectivity index (χ2v) is 5.87. The van der Waals surface area contributed by atoms with Gasteiger partial charge >= 0.3 is 5.97 Å². The molecule has 0 aromatic heterocycles. The van der Waals surface area contributed by atoms with Crippen LogP contribution in [0.5, 0.6) is 0 Å². The summed E-state index contributed by atoms with van der Waals surface area (Å²) in [5.74, 6) is -6.21. The van der Waals surface area contributed by atoms with Gasteiger partial charge in [0.25, 0.3) is 0 Å². The van der Waals surface area contributed by atoms with Crippen molar-refractivity contribution in [1.82, 2.24) is 5.32 Å². The van der Waals surface area contributed by atoms with Crippen molar-refractivity contribution >= 4 is 17.8 Å². The molecule has 0 heterocycles. The molecule has 0 aliphatic rings. The molecule has 2 aromatic carbocycles. The van der Waals surface area contributed by atoms with E-state index in [4.69, 9.17) is 5.73 Å². The van der Waals surface area contributed by atoms with E-state index in [2.05, 4.69) is 10.1 Å². The molecule has 2 aromatic rings. The van der Waals surface area contributed by atoms with Crippen LogP contribution in [0.25, 0.3) is 11.1 Å². The van der Waals surface area contributed by atoms with Gasteiger partial charge in [0.15, 0.2) is 23.5 Å². The SMILES string of the molecule is COC(=O)C(NC(=O)CCC(N)=O)c1ccc(-c2cc(F)c(F)c(F)c2)cc1. The Morgan fingerprint density at radius 3 is 2.07 bits per heavy atom. The lowest BCUT2D eigenvalue weighted by Crippen LogP contribution is -2.35. The van der Waals surface area contributed by atoms with E-state index in [-0.39, 0.29) is 18.4 Å². The molecule has 148 valence electrons. The molecule has 3 N–H and O–H groups in total. The molecular formula is C19H17F3N2O4. The number of hydrogen-bond donors (Lipinski definition) is 2. The van der Waals surface area contributed by atoms with Crippen molar-refractivity contribution in [2.75, 3.05) is 7.11 Å². The van der Waals surface area contributed by atoms with Gasteiger partial charge in [-0.3, -0.25) is 9.59 Å². The number of carbonyl (C=O) groups excluding carboxylic acids is 3. The Bertz CT molecular complexity index is 878. The van der Waals surface area contributed by atoms with Gasteiger partial charge in [0.05, 0.1) is 7.11 Å². The Morgan fingerprint density at radius 1 is 1.00 bits per heavy atom. The molecule has 0 radical (unpaired) electrons. The summed E-state index contributed by atoms with van der Waals surface area (Å²) < 4.78 is 44.6. The molecule has 2 rings (SSSR count). The van der Waals surface area contributed by atoms with Crippen LogP contribution in [0.3, 0.4) is 0 Å². The number of nitrogens with two attached hydrogens (primary N) is 1. The number of methoxy groups -OCH3 is 1. The van der Waals surface area contributed by atoms with Crippen LogP contribution in [-0.2, 0) is 19.1 Å². The fraction of sp³-hybridized carbons (Fsp3) is 0.211. The highest BCUT2D eigenvalue weighted by Crippen LogP contribution is 2.26. The van der Waals surface area contributed by atoms with Crippen LogP contribution in [0.4, 0.5) is 13.2 Å². The molecule has 28 heavy (non-hydrogen) atoms. The minimum absolute atomic E-state index is 0.100. The zero-order valence-corrected chi connectivity index (χ0v) is 14.8. The number of amides is 2. The fourth-order valence-electron chi connectivity index (χ4n) is 2.46. The Labute approximate surface area is 158 Å². The molecule has 0 saturated carbocycles. The molecule has 0 fully saturated rings. The van der Waals surface area contributed by atoms with Crippen LogP contribution in [0.15, 0.2) is 36.4 Å². The van der Waals surface area contributed by atoms with Gasteiger partial charge in [-0.25, -0.2) is 18.0 Å². The molecule has 0 aliphatic heterocycles. The van der Waals surface area contributed by atoms with E-state index < -0.39 is 41.3 Å². The van der Waals surface area contributed by atoms with Crippen LogP contribution in [0.2, 0.25) is 0 Å². The molecular weight excluding hydrogens is 377 g/mol. The summed E-state index contributed by atoms with van der Waals surface area (Å²) in [5.41, 5.74) is 5.79. The van der Waals surface area contributed by atoms with Gasteiger partial charge in [0, 0.05) is 12.8 Å². The number of rotatable bonds is 7. The van der Waals surface area contributed by atoms with Gasteiger partial charge < -0.3 is 15.8 Å². The molecule has 6 nitrogen and oxygen atoms in total. The fourth-order valence-corrected chi connectivity index (χ4v) is 2.46. The van der Waals surface area contributed by atoms with Crippen LogP contribution < -0.4 is 11.1 Å². The van der Waals surface area contributed by atoms with E-state index in [0.717, 1.165) is 19.2 Å². The smallest absolute Gasteiger partial charge is 0.333 e. The lowest BCUT2D eigenvalue weighted by atomic mass is 10.00. The standard InChI is InChI=1S/C19H17F3N2O4/c1-28-19(27)18(24-16(26)7-6-15(23)25)11-4-2-10(3-5-11)12-8-13(20)17(22)14(21)9-12/h2-5,8-9,18H,6-7H2,1H3,(H2,23,25)(H,24,26). The number of esters is 1. The van der Waals surface area contributed by atoms with Crippen molar-refractivity contribution in [3.63, 3.8) is 0 Å². The highest BCUT2D eigenvalue weighted by Gasteiger charge is 2.24. The molecule has 2 amide bonds. The van der Waals surface area contributed by atoms with Gasteiger partial charge in [-0.2, -0.15) is 0 Å². The third kappa shape index (κ3) is 5.09. The highest BCUT2D eigenvalue weighted by molar-refractivity contribution is 5.87. The topological polar surface area (TPSA) is 98.5 Å². The first-order valence-electron chi connectivity index (χ1n) is 8.13. The van der Waals surface area contributed by atoms with Crippen molar-refractivity contribution < 1.29 is 32.3 Å². The second-order valence-electron chi connectivity index (χ2n) is 5.87. The molecule has 0 saturated heterocycles. The van der Waals surface area contributed by atoms with E-state index in [1.165, 1.54) is 24.3 Å². The number of benzene rings is 2. The first-order valence-corrected chi connectivity index (χ1v) is 8.13. The monoisotopic (exact) mass is 394 g/mol. The predicted octanol–water partition coefficient (Wildman–Crippen LogP) is 2.37. The summed E-state index contributed by atoms with van der Waals surface area (Å²) in [7, 11) is 1.14.